The molecule has 2 amide bonds. The van der Waals surface area contributed by atoms with E-state index in [9.17, 15) is 14.4 Å². The molecule has 1 heterocycles. The van der Waals surface area contributed by atoms with Crippen LogP contribution in [0.5, 0.6) is 11.5 Å². The Morgan fingerprint density at radius 1 is 1.03 bits per heavy atom. The Bertz CT molecular complexity index is 928. The summed E-state index contributed by atoms with van der Waals surface area (Å²) in [6.07, 6.45) is 1.91. The minimum Gasteiger partial charge on any atom is -0.493 e. The first-order chi connectivity index (χ1) is 14.5. The maximum absolute atomic E-state index is 12.4. The predicted molar refractivity (Wildman–Crippen MR) is 109 cm³/mol. The maximum atomic E-state index is 12.4. The van der Waals surface area contributed by atoms with Gasteiger partial charge in [-0.2, -0.15) is 5.10 Å². The first-order valence-electron chi connectivity index (χ1n) is 9.48. The Balaban J connectivity index is 2.01. The van der Waals surface area contributed by atoms with E-state index < -0.39 is 11.8 Å². The van der Waals surface area contributed by atoms with Gasteiger partial charge >= 0.3 is 0 Å². The second-order valence-corrected chi connectivity index (χ2v) is 6.25. The van der Waals surface area contributed by atoms with E-state index in [1.54, 1.807) is 12.1 Å². The van der Waals surface area contributed by atoms with Crippen LogP contribution in [0.2, 0.25) is 0 Å². The molecule has 0 saturated heterocycles. The number of carbonyl (C=O) groups excluding carboxylic acids is 2. The highest BCUT2D eigenvalue weighted by atomic mass is 16.5. The quantitative estimate of drug-likeness (QED) is 0.439. The number of amides is 2. The van der Waals surface area contributed by atoms with Crippen molar-refractivity contribution in [1.82, 2.24) is 20.6 Å². The summed E-state index contributed by atoms with van der Waals surface area (Å²) in [5.74, 6) is -0.263. The van der Waals surface area contributed by atoms with E-state index in [-0.39, 0.29) is 30.0 Å². The summed E-state index contributed by atoms with van der Waals surface area (Å²) in [7, 11) is 2.98. The van der Waals surface area contributed by atoms with E-state index in [4.69, 9.17) is 14.2 Å². The summed E-state index contributed by atoms with van der Waals surface area (Å²) in [6, 6.07) is 7.22. The summed E-state index contributed by atoms with van der Waals surface area (Å²) in [5.41, 5.74) is 4.47. The summed E-state index contributed by atoms with van der Waals surface area (Å²) in [4.78, 5) is 36.4. The number of aromatic nitrogens is 2. The van der Waals surface area contributed by atoms with Crippen molar-refractivity contribution in [3.8, 4) is 11.5 Å². The fraction of sp³-hybridized carbons (Fsp3) is 0.400. The van der Waals surface area contributed by atoms with E-state index in [1.165, 1.54) is 32.4 Å². The second kappa shape index (κ2) is 11.6. The summed E-state index contributed by atoms with van der Waals surface area (Å²) in [6.45, 7) is 3.09. The number of rotatable bonds is 10. The number of benzene rings is 1. The lowest BCUT2D eigenvalue weighted by molar-refractivity contribution is 0.0842. The van der Waals surface area contributed by atoms with Gasteiger partial charge in [-0.3, -0.25) is 25.2 Å². The molecule has 10 heteroatoms. The van der Waals surface area contributed by atoms with Crippen molar-refractivity contribution in [2.24, 2.45) is 0 Å². The van der Waals surface area contributed by atoms with Crippen LogP contribution >= 0.6 is 0 Å². The molecule has 30 heavy (non-hydrogen) atoms. The third kappa shape index (κ3) is 6.31. The Morgan fingerprint density at radius 3 is 2.50 bits per heavy atom. The summed E-state index contributed by atoms with van der Waals surface area (Å²) in [5, 5.41) is 3.96. The van der Waals surface area contributed by atoms with Gasteiger partial charge in [-0.25, -0.2) is 4.68 Å². The molecule has 0 aliphatic rings. The number of unbranched alkanes of at least 4 members (excludes halogenated alkanes) is 1. The highest BCUT2D eigenvalue weighted by Crippen LogP contribution is 2.28. The van der Waals surface area contributed by atoms with Crippen LogP contribution in [-0.4, -0.2) is 49.0 Å². The molecule has 0 spiro atoms. The molecule has 0 atom stereocenters. The average Bonchev–Trinajstić information content (AvgIpc) is 2.76. The molecule has 0 radical (unpaired) electrons. The monoisotopic (exact) mass is 418 g/mol. The average molecular weight is 418 g/mol. The number of nitrogens with zero attached hydrogens (tertiary/aromatic N) is 2. The summed E-state index contributed by atoms with van der Waals surface area (Å²) >= 11 is 0. The molecule has 10 nitrogen and oxygen atoms in total. The van der Waals surface area contributed by atoms with Crippen molar-refractivity contribution in [2.45, 2.75) is 26.3 Å². The molecule has 0 aliphatic carbocycles. The minimum absolute atomic E-state index is 0.0248. The lowest BCUT2D eigenvalue weighted by atomic mass is 10.2. The highest BCUT2D eigenvalue weighted by Gasteiger charge is 2.14. The van der Waals surface area contributed by atoms with Gasteiger partial charge < -0.3 is 14.2 Å². The van der Waals surface area contributed by atoms with Crippen molar-refractivity contribution < 1.29 is 23.8 Å². The fourth-order valence-electron chi connectivity index (χ4n) is 2.41. The van der Waals surface area contributed by atoms with Crippen molar-refractivity contribution in [3.63, 3.8) is 0 Å². The Morgan fingerprint density at radius 2 is 1.80 bits per heavy atom. The van der Waals surface area contributed by atoms with Gasteiger partial charge in [0, 0.05) is 18.7 Å². The normalized spacial score (nSPS) is 10.4. The van der Waals surface area contributed by atoms with E-state index >= 15 is 0 Å². The lowest BCUT2D eigenvalue weighted by Gasteiger charge is -2.12. The third-order valence-corrected chi connectivity index (χ3v) is 4.08. The van der Waals surface area contributed by atoms with Crippen LogP contribution in [-0.2, 0) is 11.3 Å². The van der Waals surface area contributed by atoms with Gasteiger partial charge in [0.25, 0.3) is 17.4 Å². The Hall–Kier alpha value is -3.40. The first-order valence-corrected chi connectivity index (χ1v) is 9.48. The smallest absolute Gasteiger partial charge is 0.290 e. The number of nitrogens with one attached hydrogen (secondary N) is 2. The SMILES string of the molecule is CCCCOc1ccc(C(=O)NNC(=O)c2ccc(=O)n(CCOC)n2)cc1OC. The lowest BCUT2D eigenvalue weighted by Crippen LogP contribution is -2.42. The first kappa shape index (κ1) is 22.9. The van der Waals surface area contributed by atoms with Crippen molar-refractivity contribution in [1.29, 1.82) is 0 Å². The molecule has 0 bridgehead atoms. The van der Waals surface area contributed by atoms with Crippen LogP contribution in [0.15, 0.2) is 35.1 Å². The topological polar surface area (TPSA) is 121 Å². The zero-order chi connectivity index (χ0) is 21.9. The molecule has 2 aromatic rings. The molecule has 0 fully saturated rings. The van der Waals surface area contributed by atoms with Crippen LogP contribution in [0.1, 0.15) is 40.6 Å². The zero-order valence-electron chi connectivity index (χ0n) is 17.3. The van der Waals surface area contributed by atoms with Gasteiger partial charge in [-0.1, -0.05) is 13.3 Å². The Kier molecular flexibility index (Phi) is 8.82. The maximum Gasteiger partial charge on any atom is 0.290 e. The van der Waals surface area contributed by atoms with Gasteiger partial charge in [0.1, 0.15) is 0 Å². The van der Waals surface area contributed by atoms with Gasteiger partial charge in [0.15, 0.2) is 17.2 Å². The highest BCUT2D eigenvalue weighted by molar-refractivity contribution is 5.98. The molecule has 162 valence electrons. The molecule has 1 aromatic carbocycles. The largest absolute Gasteiger partial charge is 0.493 e. The number of methoxy groups -OCH3 is 2. The molecule has 0 aliphatic heterocycles. The fourth-order valence-corrected chi connectivity index (χ4v) is 2.41. The van der Waals surface area contributed by atoms with Gasteiger partial charge in [0.05, 0.1) is 26.9 Å². The van der Waals surface area contributed by atoms with Crippen molar-refractivity contribution >= 4 is 11.8 Å². The molecular weight excluding hydrogens is 392 g/mol. The second-order valence-electron chi connectivity index (χ2n) is 6.25. The van der Waals surface area contributed by atoms with E-state index in [0.717, 1.165) is 17.5 Å². The van der Waals surface area contributed by atoms with E-state index in [1.807, 2.05) is 0 Å². The van der Waals surface area contributed by atoms with E-state index in [2.05, 4.69) is 22.9 Å². The van der Waals surface area contributed by atoms with Crippen molar-refractivity contribution in [2.75, 3.05) is 27.4 Å². The minimum atomic E-state index is -0.666. The predicted octanol–water partition coefficient (Wildman–Crippen LogP) is 1.15. The molecule has 2 N–H and O–H groups in total. The number of ether oxygens (including phenoxy) is 3. The summed E-state index contributed by atoms with van der Waals surface area (Å²) < 4.78 is 16.9. The van der Waals surface area contributed by atoms with Gasteiger partial charge in [-0.05, 0) is 30.7 Å². The number of hydrazine groups is 1. The van der Waals surface area contributed by atoms with Crippen LogP contribution in [0, 0.1) is 0 Å². The number of carbonyl (C=O) groups is 2. The molecule has 1 aromatic heterocycles. The van der Waals surface area contributed by atoms with Gasteiger partial charge in [-0.15, -0.1) is 0 Å². The molecule has 0 saturated carbocycles. The molecule has 0 unspecified atom stereocenters. The zero-order valence-corrected chi connectivity index (χ0v) is 17.3. The molecular formula is C20H26N4O6. The number of hydrogen-bond donors (Lipinski definition) is 2. The third-order valence-electron chi connectivity index (χ3n) is 4.08. The van der Waals surface area contributed by atoms with Crippen LogP contribution in [0.25, 0.3) is 0 Å². The van der Waals surface area contributed by atoms with Gasteiger partial charge in [0.2, 0.25) is 0 Å². The Labute approximate surface area is 174 Å². The van der Waals surface area contributed by atoms with Crippen LogP contribution in [0.4, 0.5) is 0 Å². The van der Waals surface area contributed by atoms with Crippen LogP contribution in [0.3, 0.4) is 0 Å². The number of hydrogen-bond acceptors (Lipinski definition) is 7. The van der Waals surface area contributed by atoms with Crippen LogP contribution < -0.4 is 25.9 Å². The van der Waals surface area contributed by atoms with E-state index in [0.29, 0.717) is 18.1 Å². The standard InChI is InChI=1S/C20H26N4O6/c1-4-5-11-30-16-8-6-14(13-17(16)29-3)19(26)21-22-20(27)15-7-9-18(25)24(23-15)10-12-28-2/h6-9,13H,4-5,10-12H2,1-3H3,(H,21,26)(H,22,27). The van der Waals surface area contributed by atoms with Crippen molar-refractivity contribution in [3.05, 3.63) is 51.9 Å². The molecule has 2 rings (SSSR count).